The first kappa shape index (κ1) is 28.5. The fraction of sp³-hybridized carbons (Fsp3) is 0.739. The maximum Gasteiger partial charge on any atom is 0.0679 e. The van der Waals surface area contributed by atoms with Crippen LogP contribution in [0.2, 0.25) is 0 Å². The van der Waals surface area contributed by atoms with Crippen LogP contribution in [0.15, 0.2) is 12.1 Å². The number of rotatable bonds is 8. The Labute approximate surface area is 173 Å². The van der Waals surface area contributed by atoms with E-state index < -0.39 is 0 Å². The van der Waals surface area contributed by atoms with Crippen LogP contribution in [0.25, 0.3) is 6.08 Å². The van der Waals surface area contributed by atoms with Crippen molar-refractivity contribution in [2.45, 2.75) is 80.8 Å². The molecule has 1 atom stereocenters. The smallest absolute Gasteiger partial charge is 0.0679 e. The van der Waals surface area contributed by atoms with E-state index in [1.165, 1.54) is 15.3 Å². The number of hydrogen-bond donors (Lipinski definition) is 1. The van der Waals surface area contributed by atoms with Gasteiger partial charge in [-0.05, 0) is 37.5 Å². The van der Waals surface area contributed by atoms with Crippen molar-refractivity contribution in [2.75, 3.05) is 32.8 Å². The van der Waals surface area contributed by atoms with Crippen molar-refractivity contribution < 1.29 is 9.84 Å². The lowest BCUT2D eigenvalue weighted by atomic mass is 10.2. The maximum atomic E-state index is 9.45. The molecular formula is C23H45NO2S. The molecule has 2 heterocycles. The molecule has 0 spiro atoms. The van der Waals surface area contributed by atoms with E-state index in [2.05, 4.69) is 37.0 Å². The van der Waals surface area contributed by atoms with Crippen molar-refractivity contribution in [1.29, 1.82) is 0 Å². The van der Waals surface area contributed by atoms with E-state index in [0.29, 0.717) is 0 Å². The molecule has 0 radical (unpaired) electrons. The molecular weight excluding hydrogens is 354 g/mol. The highest BCUT2D eigenvalue weighted by Gasteiger charge is 2.19. The van der Waals surface area contributed by atoms with E-state index in [0.717, 1.165) is 52.1 Å². The molecule has 1 aromatic heterocycles. The number of aliphatic hydroxyl groups is 1. The van der Waals surface area contributed by atoms with Crippen LogP contribution < -0.4 is 0 Å². The zero-order valence-electron chi connectivity index (χ0n) is 19.2. The van der Waals surface area contributed by atoms with Crippen LogP contribution >= 0.6 is 11.3 Å². The number of hydrogen-bond acceptors (Lipinski definition) is 4. The van der Waals surface area contributed by atoms with E-state index in [-0.39, 0.29) is 6.10 Å². The lowest BCUT2D eigenvalue weighted by Gasteiger charge is -2.14. The van der Waals surface area contributed by atoms with Crippen molar-refractivity contribution in [3.8, 4) is 0 Å². The first-order chi connectivity index (χ1) is 13.2. The average molecular weight is 400 g/mol. The third kappa shape index (κ3) is 13.2. The molecule has 2 rings (SSSR count). The van der Waals surface area contributed by atoms with Gasteiger partial charge in [-0.1, -0.05) is 54.5 Å². The van der Waals surface area contributed by atoms with E-state index in [1.54, 1.807) is 0 Å². The number of nitrogens with zero attached hydrogens (tertiary/aromatic N) is 1. The standard InChI is InChI=1S/C17H27NO2S.3C2H6/c1-3-4-5-17-14(2)12-16(21-17)7-10-20-11-9-18-8-6-15(19)13-18;3*1-2/h4-5,12,15,19H,3,6-11,13H2,1-2H3;3*1-2H3/b5-4-;;;. The van der Waals surface area contributed by atoms with E-state index in [4.69, 9.17) is 4.74 Å². The molecule has 0 aromatic carbocycles. The second-order valence-electron chi connectivity index (χ2n) is 5.68. The largest absolute Gasteiger partial charge is 0.392 e. The first-order valence-electron chi connectivity index (χ1n) is 10.9. The quantitative estimate of drug-likeness (QED) is 0.529. The van der Waals surface area contributed by atoms with Crippen molar-refractivity contribution >= 4 is 17.4 Å². The topological polar surface area (TPSA) is 32.7 Å². The summed E-state index contributed by atoms with van der Waals surface area (Å²) in [7, 11) is 0. The van der Waals surface area contributed by atoms with Gasteiger partial charge in [0.05, 0.1) is 19.3 Å². The van der Waals surface area contributed by atoms with Gasteiger partial charge >= 0.3 is 0 Å². The first-order valence-corrected chi connectivity index (χ1v) is 11.7. The Morgan fingerprint density at radius 2 is 1.85 bits per heavy atom. The van der Waals surface area contributed by atoms with Crippen LogP contribution in [0.4, 0.5) is 0 Å². The lowest BCUT2D eigenvalue weighted by Crippen LogP contribution is -2.26. The summed E-state index contributed by atoms with van der Waals surface area (Å²) in [6.45, 7) is 20.6. The van der Waals surface area contributed by atoms with E-state index in [9.17, 15) is 5.11 Å². The second kappa shape index (κ2) is 20.1. The molecule has 160 valence electrons. The van der Waals surface area contributed by atoms with Gasteiger partial charge in [0.2, 0.25) is 0 Å². The normalized spacial score (nSPS) is 16.1. The van der Waals surface area contributed by atoms with Gasteiger partial charge in [-0.15, -0.1) is 11.3 Å². The Balaban J connectivity index is 0. The van der Waals surface area contributed by atoms with Crippen LogP contribution in [0.3, 0.4) is 0 Å². The van der Waals surface area contributed by atoms with Crippen molar-refractivity contribution in [3.63, 3.8) is 0 Å². The number of aryl methyl sites for hydroxylation is 1. The van der Waals surface area contributed by atoms with Gasteiger partial charge in [0, 0.05) is 35.8 Å². The summed E-state index contributed by atoms with van der Waals surface area (Å²) in [6.07, 6.45) is 7.29. The predicted octanol–water partition coefficient (Wildman–Crippen LogP) is 6.18. The van der Waals surface area contributed by atoms with Gasteiger partial charge in [0.15, 0.2) is 0 Å². The highest BCUT2D eigenvalue weighted by molar-refractivity contribution is 7.13. The number of thiophene rings is 1. The van der Waals surface area contributed by atoms with Crippen molar-refractivity contribution in [2.24, 2.45) is 0 Å². The highest BCUT2D eigenvalue weighted by atomic mass is 32.1. The number of β-amino-alcohol motifs (C(OH)–C–C–N with tert-alkyl or cyclic N) is 1. The summed E-state index contributed by atoms with van der Waals surface area (Å²) in [5.41, 5.74) is 1.37. The van der Waals surface area contributed by atoms with Crippen molar-refractivity contribution in [1.82, 2.24) is 4.90 Å². The maximum absolute atomic E-state index is 9.45. The number of ether oxygens (including phenoxy) is 1. The van der Waals surface area contributed by atoms with Crippen LogP contribution in [-0.4, -0.2) is 49.0 Å². The summed E-state index contributed by atoms with van der Waals surface area (Å²) in [4.78, 5) is 5.05. The minimum atomic E-state index is -0.131. The molecule has 0 bridgehead atoms. The molecule has 1 aliphatic rings. The van der Waals surface area contributed by atoms with Crippen LogP contribution in [0.1, 0.15) is 76.6 Å². The Hall–Kier alpha value is -0.680. The van der Waals surface area contributed by atoms with E-state index >= 15 is 0 Å². The zero-order valence-corrected chi connectivity index (χ0v) is 20.0. The molecule has 1 fully saturated rings. The molecule has 0 saturated carbocycles. The zero-order chi connectivity index (χ0) is 21.1. The van der Waals surface area contributed by atoms with Crippen LogP contribution in [0.5, 0.6) is 0 Å². The average Bonchev–Trinajstić information content (AvgIpc) is 3.29. The van der Waals surface area contributed by atoms with Gasteiger partial charge in [0.25, 0.3) is 0 Å². The highest BCUT2D eigenvalue weighted by Crippen LogP contribution is 2.24. The fourth-order valence-electron chi connectivity index (χ4n) is 2.56. The Kier molecular flexibility index (Phi) is 21.2. The van der Waals surface area contributed by atoms with Gasteiger partial charge in [0.1, 0.15) is 0 Å². The molecule has 1 aromatic rings. The predicted molar refractivity (Wildman–Crippen MR) is 124 cm³/mol. The molecule has 27 heavy (non-hydrogen) atoms. The molecule has 0 aliphatic carbocycles. The summed E-state index contributed by atoms with van der Waals surface area (Å²) >= 11 is 1.87. The molecule has 4 heteroatoms. The van der Waals surface area contributed by atoms with Gasteiger partial charge < -0.3 is 9.84 Å². The third-order valence-electron chi connectivity index (χ3n) is 3.80. The van der Waals surface area contributed by atoms with Gasteiger partial charge in [-0.2, -0.15) is 0 Å². The summed E-state index contributed by atoms with van der Waals surface area (Å²) in [5, 5.41) is 9.45. The minimum Gasteiger partial charge on any atom is -0.392 e. The molecule has 1 N–H and O–H groups in total. The minimum absolute atomic E-state index is 0.131. The van der Waals surface area contributed by atoms with Crippen molar-refractivity contribution in [3.05, 3.63) is 27.5 Å². The molecule has 3 nitrogen and oxygen atoms in total. The number of likely N-dealkylation sites (tertiary alicyclic amines) is 1. The molecule has 1 unspecified atom stereocenters. The van der Waals surface area contributed by atoms with Gasteiger partial charge in [-0.3, -0.25) is 4.90 Å². The summed E-state index contributed by atoms with van der Waals surface area (Å²) in [6, 6.07) is 2.28. The second-order valence-corrected chi connectivity index (χ2v) is 6.84. The lowest BCUT2D eigenvalue weighted by molar-refractivity contribution is 0.107. The van der Waals surface area contributed by atoms with Crippen LogP contribution in [0, 0.1) is 6.92 Å². The summed E-state index contributed by atoms with van der Waals surface area (Å²) < 4.78 is 5.73. The molecule has 0 amide bonds. The SMILES string of the molecule is CC.CC.CC.CC/C=C\c1sc(CCOCCN2CCC(O)C2)cc1C. The fourth-order valence-corrected chi connectivity index (χ4v) is 3.65. The Bertz CT molecular complexity index is 457. The third-order valence-corrected chi connectivity index (χ3v) is 5.07. The molecule has 1 saturated heterocycles. The van der Waals surface area contributed by atoms with Crippen LogP contribution in [-0.2, 0) is 11.2 Å². The number of allylic oxidation sites excluding steroid dienone is 1. The van der Waals surface area contributed by atoms with Gasteiger partial charge in [-0.25, -0.2) is 0 Å². The molecule has 1 aliphatic heterocycles. The summed E-state index contributed by atoms with van der Waals surface area (Å²) in [5.74, 6) is 0. The van der Waals surface area contributed by atoms with E-state index in [1.807, 2.05) is 52.9 Å². The monoisotopic (exact) mass is 399 g/mol. The Morgan fingerprint density at radius 3 is 2.41 bits per heavy atom. The number of aliphatic hydroxyl groups excluding tert-OH is 1. The Morgan fingerprint density at radius 1 is 1.19 bits per heavy atom.